The van der Waals surface area contributed by atoms with Crippen LogP contribution < -0.4 is 10.1 Å². The lowest BCUT2D eigenvalue weighted by atomic mass is 10.1. The number of carbonyl (C=O) groups excluding carboxylic acids is 2. The molecule has 5 nitrogen and oxygen atoms in total. The maximum Gasteiger partial charge on any atom is 0.261 e. The molecule has 0 heterocycles. The van der Waals surface area contributed by atoms with Crippen molar-refractivity contribution in [3.63, 3.8) is 0 Å². The van der Waals surface area contributed by atoms with Crippen LogP contribution in [0.25, 0.3) is 0 Å². The van der Waals surface area contributed by atoms with E-state index in [0.29, 0.717) is 22.2 Å². The molecule has 178 valence electrons. The molecule has 1 aliphatic carbocycles. The maximum atomic E-state index is 13.4. The van der Waals surface area contributed by atoms with Crippen molar-refractivity contribution in [2.24, 2.45) is 0 Å². The van der Waals surface area contributed by atoms with Crippen molar-refractivity contribution in [3.8, 4) is 5.75 Å². The molecule has 1 unspecified atom stereocenters. The Labute approximate surface area is 206 Å². The lowest BCUT2D eigenvalue weighted by Crippen LogP contribution is -2.52. The molecule has 0 radical (unpaired) electrons. The van der Waals surface area contributed by atoms with Crippen LogP contribution in [0.4, 0.5) is 0 Å². The van der Waals surface area contributed by atoms with Gasteiger partial charge in [-0.3, -0.25) is 9.59 Å². The second-order valence-corrected chi connectivity index (χ2v) is 9.49. The van der Waals surface area contributed by atoms with E-state index in [9.17, 15) is 9.59 Å². The van der Waals surface area contributed by atoms with Crippen molar-refractivity contribution in [1.82, 2.24) is 10.2 Å². The lowest BCUT2D eigenvalue weighted by molar-refractivity contribution is -0.143. The van der Waals surface area contributed by atoms with Crippen molar-refractivity contribution >= 4 is 35.0 Å². The molecule has 2 aromatic carbocycles. The number of halogens is 2. The number of rotatable bonds is 9. The summed E-state index contributed by atoms with van der Waals surface area (Å²) in [6, 6.07) is 10.6. The number of nitrogens with one attached hydrogen (secondary N) is 1. The van der Waals surface area contributed by atoms with E-state index in [1.807, 2.05) is 45.0 Å². The molecule has 2 amide bonds. The first-order valence-corrected chi connectivity index (χ1v) is 12.3. The molecule has 0 aliphatic heterocycles. The highest BCUT2D eigenvalue weighted by molar-refractivity contribution is 6.42. The molecule has 1 atom stereocenters. The molecule has 0 bridgehead atoms. The summed E-state index contributed by atoms with van der Waals surface area (Å²) in [5, 5.41) is 4.00. The second kappa shape index (κ2) is 11.8. The Kier molecular flexibility index (Phi) is 9.04. The van der Waals surface area contributed by atoms with Crippen LogP contribution in [0.15, 0.2) is 36.4 Å². The van der Waals surface area contributed by atoms with Crippen LogP contribution in [0.1, 0.15) is 55.7 Å². The largest absolute Gasteiger partial charge is 0.483 e. The Balaban J connectivity index is 1.80. The highest BCUT2D eigenvalue weighted by Crippen LogP contribution is 2.25. The third-order valence-electron chi connectivity index (χ3n) is 6.33. The van der Waals surface area contributed by atoms with Crippen LogP contribution in [0.5, 0.6) is 5.75 Å². The monoisotopic (exact) mass is 490 g/mol. The smallest absolute Gasteiger partial charge is 0.261 e. The van der Waals surface area contributed by atoms with Gasteiger partial charge in [-0.15, -0.1) is 0 Å². The van der Waals surface area contributed by atoms with Crippen molar-refractivity contribution in [3.05, 3.63) is 63.1 Å². The van der Waals surface area contributed by atoms with E-state index in [0.717, 1.165) is 42.4 Å². The number of aryl methyl sites for hydroxylation is 1. The lowest BCUT2D eigenvalue weighted by Gasteiger charge is -2.31. The summed E-state index contributed by atoms with van der Waals surface area (Å²) in [5.41, 5.74) is 2.89. The fourth-order valence-corrected chi connectivity index (χ4v) is 4.55. The molecular weight excluding hydrogens is 459 g/mol. The summed E-state index contributed by atoms with van der Waals surface area (Å²) >= 11 is 12.3. The van der Waals surface area contributed by atoms with E-state index in [2.05, 4.69) is 5.32 Å². The Morgan fingerprint density at radius 1 is 1.12 bits per heavy atom. The molecule has 0 aromatic heterocycles. The summed E-state index contributed by atoms with van der Waals surface area (Å²) in [6.07, 6.45) is 4.71. The standard InChI is InChI=1S/C26H32Cl2N2O3/c1-4-23(26(32)29-20-9-5-6-10-20)30(15-19-12-13-21(27)22(28)14-19)25(31)16-33-24-11-7-8-17(2)18(24)3/h7-8,11-14,20,23H,4-6,9-10,15-16H2,1-3H3,(H,29,32). The second-order valence-electron chi connectivity index (χ2n) is 8.67. The van der Waals surface area contributed by atoms with Crippen LogP contribution in [-0.4, -0.2) is 35.4 Å². The number of hydrogen-bond acceptors (Lipinski definition) is 3. The topological polar surface area (TPSA) is 58.6 Å². The summed E-state index contributed by atoms with van der Waals surface area (Å²) < 4.78 is 5.88. The zero-order valence-corrected chi connectivity index (χ0v) is 21.0. The fraction of sp³-hybridized carbons (Fsp3) is 0.462. The molecule has 33 heavy (non-hydrogen) atoms. The number of hydrogen-bond donors (Lipinski definition) is 1. The Morgan fingerprint density at radius 2 is 1.85 bits per heavy atom. The quantitative estimate of drug-likeness (QED) is 0.479. The predicted molar refractivity (Wildman–Crippen MR) is 133 cm³/mol. The first kappa shape index (κ1) is 25.4. The van der Waals surface area contributed by atoms with Crippen molar-refractivity contribution in [1.29, 1.82) is 0 Å². The molecule has 1 N–H and O–H groups in total. The highest BCUT2D eigenvalue weighted by Gasteiger charge is 2.31. The predicted octanol–water partition coefficient (Wildman–Crippen LogP) is 5.86. The van der Waals surface area contributed by atoms with Gasteiger partial charge in [-0.25, -0.2) is 0 Å². The summed E-state index contributed by atoms with van der Waals surface area (Å²) in [4.78, 5) is 28.1. The first-order valence-electron chi connectivity index (χ1n) is 11.5. The van der Waals surface area contributed by atoms with E-state index in [4.69, 9.17) is 27.9 Å². The van der Waals surface area contributed by atoms with Gasteiger partial charge in [0.05, 0.1) is 10.0 Å². The average Bonchev–Trinajstić information content (AvgIpc) is 3.30. The fourth-order valence-electron chi connectivity index (χ4n) is 4.22. The van der Waals surface area contributed by atoms with Gasteiger partial charge in [0.25, 0.3) is 5.91 Å². The molecule has 7 heteroatoms. The van der Waals surface area contributed by atoms with Crippen molar-refractivity contribution in [2.75, 3.05) is 6.61 Å². The summed E-state index contributed by atoms with van der Waals surface area (Å²) in [7, 11) is 0. The summed E-state index contributed by atoms with van der Waals surface area (Å²) in [6.45, 7) is 5.97. The molecule has 1 fully saturated rings. The minimum absolute atomic E-state index is 0.121. The average molecular weight is 491 g/mol. The van der Waals surface area contributed by atoms with Gasteiger partial charge >= 0.3 is 0 Å². The highest BCUT2D eigenvalue weighted by atomic mass is 35.5. The number of nitrogens with zero attached hydrogens (tertiary/aromatic N) is 1. The number of benzene rings is 2. The van der Waals surface area contributed by atoms with Gasteiger partial charge in [0.1, 0.15) is 11.8 Å². The number of carbonyl (C=O) groups is 2. The van der Waals surface area contributed by atoms with E-state index in [1.54, 1.807) is 17.0 Å². The van der Waals surface area contributed by atoms with Crippen LogP contribution >= 0.6 is 23.2 Å². The molecular formula is C26H32Cl2N2O3. The van der Waals surface area contributed by atoms with E-state index in [-0.39, 0.29) is 31.0 Å². The van der Waals surface area contributed by atoms with Gasteiger partial charge in [0.15, 0.2) is 6.61 Å². The Bertz CT molecular complexity index is 989. The molecule has 1 saturated carbocycles. The minimum atomic E-state index is -0.602. The number of ether oxygens (including phenoxy) is 1. The molecule has 3 rings (SSSR count). The molecule has 0 spiro atoms. The maximum absolute atomic E-state index is 13.4. The minimum Gasteiger partial charge on any atom is -0.483 e. The third kappa shape index (κ3) is 6.64. The molecule has 0 saturated heterocycles. The zero-order chi connectivity index (χ0) is 24.0. The molecule has 1 aliphatic rings. The van der Waals surface area contributed by atoms with E-state index < -0.39 is 6.04 Å². The zero-order valence-electron chi connectivity index (χ0n) is 19.5. The first-order chi connectivity index (χ1) is 15.8. The Morgan fingerprint density at radius 3 is 2.52 bits per heavy atom. The van der Waals surface area contributed by atoms with Crippen molar-refractivity contribution in [2.45, 2.75) is 71.5 Å². The van der Waals surface area contributed by atoms with Gasteiger partial charge in [0, 0.05) is 12.6 Å². The number of amides is 2. The third-order valence-corrected chi connectivity index (χ3v) is 7.07. The van der Waals surface area contributed by atoms with Gasteiger partial charge in [0.2, 0.25) is 5.91 Å². The van der Waals surface area contributed by atoms with Gasteiger partial charge in [-0.2, -0.15) is 0 Å². The normalized spacial score (nSPS) is 14.7. The van der Waals surface area contributed by atoms with Crippen LogP contribution in [0.3, 0.4) is 0 Å². The van der Waals surface area contributed by atoms with Gasteiger partial charge in [-0.1, -0.05) is 61.2 Å². The van der Waals surface area contributed by atoms with E-state index in [1.165, 1.54) is 0 Å². The van der Waals surface area contributed by atoms with Crippen LogP contribution in [0.2, 0.25) is 10.0 Å². The van der Waals surface area contributed by atoms with Crippen LogP contribution in [0, 0.1) is 13.8 Å². The summed E-state index contributed by atoms with van der Waals surface area (Å²) in [5.74, 6) is 0.293. The van der Waals surface area contributed by atoms with E-state index >= 15 is 0 Å². The van der Waals surface area contributed by atoms with Gasteiger partial charge < -0.3 is 15.0 Å². The van der Waals surface area contributed by atoms with Crippen LogP contribution in [-0.2, 0) is 16.1 Å². The SMILES string of the molecule is CCC(C(=O)NC1CCCC1)N(Cc1ccc(Cl)c(Cl)c1)C(=O)COc1cccc(C)c1C. The van der Waals surface area contributed by atoms with Crippen molar-refractivity contribution < 1.29 is 14.3 Å². The molecule has 2 aromatic rings. The van der Waals surface area contributed by atoms with Gasteiger partial charge in [-0.05, 0) is 68.0 Å². The Hall–Kier alpha value is -2.24.